The van der Waals surface area contributed by atoms with Crippen LogP contribution in [0.5, 0.6) is 5.75 Å². The van der Waals surface area contributed by atoms with Gasteiger partial charge >= 0.3 is 0 Å². The molecule has 0 amide bonds. The highest BCUT2D eigenvalue weighted by atomic mass is 32.1. The van der Waals surface area contributed by atoms with Gasteiger partial charge in [0.05, 0.1) is 29.4 Å². The molecule has 3 aromatic rings. The molecular weight excluding hydrogens is 466 g/mol. The topological polar surface area (TPSA) is 44.7 Å². The molecule has 1 unspecified atom stereocenters. The molecule has 0 saturated carbocycles. The number of hydrogen-bond donors (Lipinski definition) is 0. The van der Waals surface area contributed by atoms with Crippen molar-refractivity contribution in [1.29, 1.82) is 0 Å². The summed E-state index contributed by atoms with van der Waals surface area (Å²) >= 11 is 1.83. The molecule has 7 heteroatoms. The Hall–Kier alpha value is -2.22. The molecule has 0 N–H and O–H groups in total. The minimum absolute atomic E-state index is 0.378. The molecule has 5 rings (SSSR count). The summed E-state index contributed by atoms with van der Waals surface area (Å²) in [7, 11) is 1.79. The van der Waals surface area contributed by atoms with Crippen LogP contribution in [0.3, 0.4) is 0 Å². The number of methoxy groups -OCH3 is 1. The molecule has 6 nitrogen and oxygen atoms in total. The number of fused-ring (bicyclic) bond motifs is 1. The van der Waals surface area contributed by atoms with Gasteiger partial charge in [-0.15, -0.1) is 11.3 Å². The van der Waals surface area contributed by atoms with Gasteiger partial charge in [-0.2, -0.15) is 0 Å². The number of likely N-dealkylation sites (tertiary alicyclic amines) is 1. The number of thiazole rings is 1. The molecule has 0 aliphatic carbocycles. The number of pyridine rings is 1. The van der Waals surface area contributed by atoms with Crippen LogP contribution in [0, 0.1) is 6.92 Å². The molecule has 2 saturated heterocycles. The molecule has 36 heavy (non-hydrogen) atoms. The van der Waals surface area contributed by atoms with E-state index in [0.717, 1.165) is 56.0 Å². The van der Waals surface area contributed by atoms with Crippen LogP contribution in [0.15, 0.2) is 29.8 Å². The van der Waals surface area contributed by atoms with E-state index in [0.29, 0.717) is 12.0 Å². The highest BCUT2D eigenvalue weighted by Crippen LogP contribution is 2.39. The summed E-state index contributed by atoms with van der Waals surface area (Å²) in [5, 5.41) is 4.77. The average molecular weight is 508 g/mol. The quantitative estimate of drug-likeness (QED) is 0.380. The Kier molecular flexibility index (Phi) is 8.09. The lowest BCUT2D eigenvalue weighted by molar-refractivity contribution is 0.178. The number of aromatic nitrogens is 2. The number of benzene rings is 1. The van der Waals surface area contributed by atoms with E-state index >= 15 is 0 Å². The zero-order valence-corrected chi connectivity index (χ0v) is 23.2. The fourth-order valence-corrected chi connectivity index (χ4v) is 6.78. The number of hydrogen-bond acceptors (Lipinski definition) is 7. The van der Waals surface area contributed by atoms with E-state index in [4.69, 9.17) is 14.7 Å². The van der Waals surface area contributed by atoms with E-state index in [2.05, 4.69) is 53.0 Å². The van der Waals surface area contributed by atoms with Crippen LogP contribution in [0.1, 0.15) is 67.8 Å². The molecule has 2 fully saturated rings. The van der Waals surface area contributed by atoms with Crippen LogP contribution in [-0.4, -0.2) is 72.7 Å². The summed E-state index contributed by atoms with van der Waals surface area (Å²) in [6.07, 6.45) is 6.86. The normalized spacial score (nSPS) is 18.8. The zero-order valence-electron chi connectivity index (χ0n) is 22.4. The Morgan fingerprint density at radius 1 is 1.06 bits per heavy atom. The molecule has 2 aliphatic rings. The molecule has 0 radical (unpaired) electrons. The van der Waals surface area contributed by atoms with E-state index in [1.165, 1.54) is 54.1 Å². The van der Waals surface area contributed by atoms with Crippen LogP contribution in [0.2, 0.25) is 0 Å². The predicted octanol–water partition coefficient (Wildman–Crippen LogP) is 5.87. The Morgan fingerprint density at radius 3 is 2.64 bits per heavy atom. The number of ether oxygens (including phenoxy) is 1. The zero-order chi connectivity index (χ0) is 25.1. The maximum atomic E-state index is 5.93. The maximum Gasteiger partial charge on any atom is 0.147 e. The Bertz CT molecular complexity index is 1160. The smallest absolute Gasteiger partial charge is 0.147 e. The van der Waals surface area contributed by atoms with Gasteiger partial charge in [-0.25, -0.2) is 4.98 Å². The number of rotatable bonds is 8. The first-order valence-electron chi connectivity index (χ1n) is 13.6. The summed E-state index contributed by atoms with van der Waals surface area (Å²) in [5.41, 5.74) is 4.64. The van der Waals surface area contributed by atoms with Crippen molar-refractivity contribution in [2.24, 2.45) is 0 Å². The monoisotopic (exact) mass is 507 g/mol. The first kappa shape index (κ1) is 25.4. The van der Waals surface area contributed by atoms with E-state index in [1.807, 2.05) is 23.6 Å². The first-order valence-corrected chi connectivity index (χ1v) is 14.5. The van der Waals surface area contributed by atoms with Crippen LogP contribution in [0.4, 0.5) is 5.69 Å². The van der Waals surface area contributed by atoms with E-state index in [1.54, 1.807) is 7.11 Å². The number of aryl methyl sites for hydroxylation is 1. The lowest BCUT2D eigenvalue weighted by Gasteiger charge is -2.31. The Labute approximate surface area is 220 Å². The summed E-state index contributed by atoms with van der Waals surface area (Å²) in [5.74, 6) is 1.44. The fourth-order valence-electron chi connectivity index (χ4n) is 5.90. The molecule has 4 heterocycles. The van der Waals surface area contributed by atoms with Crippen LogP contribution >= 0.6 is 11.3 Å². The van der Waals surface area contributed by atoms with Crippen molar-refractivity contribution in [3.05, 3.63) is 46.0 Å². The third-order valence-corrected chi connectivity index (χ3v) is 8.96. The molecule has 194 valence electrons. The minimum atomic E-state index is 0.378. The van der Waals surface area contributed by atoms with E-state index in [-0.39, 0.29) is 0 Å². The minimum Gasteiger partial charge on any atom is -0.494 e. The summed E-state index contributed by atoms with van der Waals surface area (Å²) in [6, 6.07) is 6.75. The molecule has 2 aliphatic heterocycles. The van der Waals surface area contributed by atoms with Gasteiger partial charge in [0.2, 0.25) is 0 Å². The molecule has 1 aromatic carbocycles. The maximum absolute atomic E-state index is 5.93. The van der Waals surface area contributed by atoms with Gasteiger partial charge in [0.1, 0.15) is 11.4 Å². The largest absolute Gasteiger partial charge is 0.494 e. The van der Waals surface area contributed by atoms with Crippen LogP contribution in [-0.2, 0) is 0 Å². The van der Waals surface area contributed by atoms with Gasteiger partial charge in [-0.05, 0) is 63.4 Å². The van der Waals surface area contributed by atoms with Crippen molar-refractivity contribution in [3.63, 3.8) is 0 Å². The van der Waals surface area contributed by atoms with Crippen LogP contribution in [0.25, 0.3) is 10.9 Å². The molecule has 2 aromatic heterocycles. The highest BCUT2D eigenvalue weighted by molar-refractivity contribution is 7.09. The fraction of sp³-hybridized carbons (Fsp3) is 0.586. The Balaban J connectivity index is 1.39. The first-order chi connectivity index (χ1) is 17.5. The second-order valence-electron chi connectivity index (χ2n) is 10.6. The number of anilines is 1. The van der Waals surface area contributed by atoms with Crippen molar-refractivity contribution in [1.82, 2.24) is 19.8 Å². The number of nitrogens with zero attached hydrogens (tertiary/aromatic N) is 5. The molecular formula is C29H41N5OS. The van der Waals surface area contributed by atoms with Crippen molar-refractivity contribution < 1.29 is 4.74 Å². The van der Waals surface area contributed by atoms with Crippen molar-refractivity contribution in [2.45, 2.75) is 58.4 Å². The van der Waals surface area contributed by atoms with Crippen molar-refractivity contribution in [2.75, 3.05) is 57.8 Å². The molecule has 0 bridgehead atoms. The predicted molar refractivity (Wildman–Crippen MR) is 151 cm³/mol. The highest BCUT2D eigenvalue weighted by Gasteiger charge is 2.28. The summed E-state index contributed by atoms with van der Waals surface area (Å²) < 4.78 is 5.93. The summed E-state index contributed by atoms with van der Waals surface area (Å²) in [6.45, 7) is 14.4. The van der Waals surface area contributed by atoms with E-state index in [9.17, 15) is 0 Å². The van der Waals surface area contributed by atoms with Gasteiger partial charge in [-0.1, -0.05) is 19.9 Å². The molecule has 1 atom stereocenters. The second kappa shape index (κ2) is 11.4. The van der Waals surface area contributed by atoms with Crippen molar-refractivity contribution in [3.8, 4) is 5.75 Å². The van der Waals surface area contributed by atoms with Gasteiger partial charge in [-0.3, -0.25) is 9.88 Å². The average Bonchev–Trinajstić information content (AvgIpc) is 3.52. The van der Waals surface area contributed by atoms with Gasteiger partial charge in [0, 0.05) is 55.6 Å². The Morgan fingerprint density at radius 2 is 1.89 bits per heavy atom. The molecule has 0 spiro atoms. The van der Waals surface area contributed by atoms with Gasteiger partial charge < -0.3 is 14.5 Å². The van der Waals surface area contributed by atoms with Crippen LogP contribution < -0.4 is 9.64 Å². The third kappa shape index (κ3) is 5.38. The third-order valence-electron chi connectivity index (χ3n) is 7.79. The SMILES string of the molecule is COc1c(C)cc2cccnc2c1N1CCCN(C(CCN2CCCC2)c2csc(C(C)C)n2)CC1. The van der Waals surface area contributed by atoms with E-state index < -0.39 is 0 Å². The lowest BCUT2D eigenvalue weighted by Crippen LogP contribution is -2.36. The summed E-state index contributed by atoms with van der Waals surface area (Å²) in [4.78, 5) is 17.8. The van der Waals surface area contributed by atoms with Gasteiger partial charge in [0.25, 0.3) is 0 Å². The van der Waals surface area contributed by atoms with Gasteiger partial charge in [0.15, 0.2) is 0 Å². The lowest BCUT2D eigenvalue weighted by atomic mass is 10.1. The second-order valence-corrected chi connectivity index (χ2v) is 11.5. The standard InChI is InChI=1S/C29H41N5OS/c1-21(2)29-31-24(20-36-29)25(10-16-32-12-5-6-13-32)33-14-8-15-34(18-17-33)27-26-23(9-7-11-30-26)19-22(3)28(27)35-4/h7,9,11,19-21,25H,5-6,8,10,12-18H2,1-4H3. The van der Waals surface area contributed by atoms with Crippen molar-refractivity contribution >= 4 is 27.9 Å².